The third-order valence-electron chi connectivity index (χ3n) is 1.16. The van der Waals surface area contributed by atoms with E-state index in [-0.39, 0.29) is 6.42 Å². The predicted octanol–water partition coefficient (Wildman–Crippen LogP) is 0.929. The first kappa shape index (κ1) is 14.8. The van der Waals surface area contributed by atoms with Crippen molar-refractivity contribution in [3.63, 3.8) is 0 Å². The Hall–Kier alpha value is -0.230. The number of hydrogen-bond acceptors (Lipinski definition) is 5. The van der Waals surface area contributed by atoms with Gasteiger partial charge in [0, 0.05) is 6.42 Å². The van der Waals surface area contributed by atoms with Gasteiger partial charge >= 0.3 is 21.6 Å². The standard InChI is InChI=1S/C5H12O8P2/c1-2-3-4-5(6)12-15(10,11)13-14(7,8)9/h2-4H2,1H3,(H,10,11)(H2,7,8,9). The van der Waals surface area contributed by atoms with Gasteiger partial charge in [-0.05, 0) is 6.42 Å². The van der Waals surface area contributed by atoms with Crippen molar-refractivity contribution < 1.29 is 37.4 Å². The van der Waals surface area contributed by atoms with Crippen LogP contribution in [0.5, 0.6) is 0 Å². The molecular formula is C5H12O8P2. The van der Waals surface area contributed by atoms with Gasteiger partial charge in [-0.1, -0.05) is 13.3 Å². The van der Waals surface area contributed by atoms with Crippen LogP contribution in [0.4, 0.5) is 0 Å². The van der Waals surface area contributed by atoms with Crippen LogP contribution in [0.3, 0.4) is 0 Å². The second-order valence-corrected chi connectivity index (χ2v) is 5.36. The Kier molecular flexibility index (Phi) is 5.66. The van der Waals surface area contributed by atoms with Gasteiger partial charge in [0.05, 0.1) is 0 Å². The largest absolute Gasteiger partial charge is 0.538 e. The van der Waals surface area contributed by atoms with Gasteiger partial charge in [0.1, 0.15) is 0 Å². The summed E-state index contributed by atoms with van der Waals surface area (Å²) in [5.41, 5.74) is 0. The molecule has 0 bridgehead atoms. The van der Waals surface area contributed by atoms with Crippen molar-refractivity contribution in [3.8, 4) is 0 Å². The molecule has 0 saturated heterocycles. The molecule has 90 valence electrons. The normalized spacial score (nSPS) is 15.7. The third-order valence-corrected chi connectivity index (χ3v) is 3.27. The van der Waals surface area contributed by atoms with E-state index in [0.717, 1.165) is 0 Å². The fourth-order valence-electron chi connectivity index (χ4n) is 0.647. The number of rotatable bonds is 6. The summed E-state index contributed by atoms with van der Waals surface area (Å²) in [6.07, 6.45) is 0.991. The fraction of sp³-hybridized carbons (Fsp3) is 0.800. The van der Waals surface area contributed by atoms with Gasteiger partial charge in [-0.2, -0.15) is 4.31 Å². The smallest absolute Gasteiger partial charge is 0.370 e. The zero-order valence-corrected chi connectivity index (χ0v) is 9.69. The SMILES string of the molecule is CCCCC(=O)OP(=O)(O)OP(=O)(O)O. The van der Waals surface area contributed by atoms with E-state index in [9.17, 15) is 13.9 Å². The minimum atomic E-state index is -5.16. The maximum Gasteiger partial charge on any atom is 0.538 e. The molecule has 0 aromatic heterocycles. The Labute approximate surface area is 86.1 Å². The average Bonchev–Trinajstić information content (AvgIpc) is 1.94. The van der Waals surface area contributed by atoms with Crippen molar-refractivity contribution in [2.75, 3.05) is 0 Å². The van der Waals surface area contributed by atoms with E-state index in [0.29, 0.717) is 12.8 Å². The van der Waals surface area contributed by atoms with E-state index in [1.54, 1.807) is 6.92 Å². The van der Waals surface area contributed by atoms with E-state index < -0.39 is 21.6 Å². The molecule has 0 aliphatic heterocycles. The number of carbonyl (C=O) groups is 1. The summed E-state index contributed by atoms with van der Waals surface area (Å²) >= 11 is 0. The van der Waals surface area contributed by atoms with Gasteiger partial charge < -0.3 is 14.3 Å². The highest BCUT2D eigenvalue weighted by Crippen LogP contribution is 2.57. The Morgan fingerprint density at radius 2 is 1.80 bits per heavy atom. The molecule has 10 heteroatoms. The molecule has 0 saturated carbocycles. The van der Waals surface area contributed by atoms with Crippen molar-refractivity contribution in [2.45, 2.75) is 26.2 Å². The first-order valence-electron chi connectivity index (χ1n) is 3.98. The molecule has 0 rings (SSSR count). The fourth-order valence-corrected chi connectivity index (χ4v) is 2.20. The minimum Gasteiger partial charge on any atom is -0.370 e. The van der Waals surface area contributed by atoms with Crippen molar-refractivity contribution in [3.05, 3.63) is 0 Å². The molecule has 8 nitrogen and oxygen atoms in total. The molecule has 0 aliphatic rings. The molecule has 3 N–H and O–H groups in total. The highest BCUT2D eigenvalue weighted by molar-refractivity contribution is 7.61. The summed E-state index contributed by atoms with van der Waals surface area (Å²) in [6.45, 7) is 1.79. The lowest BCUT2D eigenvalue weighted by molar-refractivity contribution is -0.135. The molecule has 15 heavy (non-hydrogen) atoms. The van der Waals surface area contributed by atoms with E-state index in [2.05, 4.69) is 8.83 Å². The molecule has 0 aliphatic carbocycles. The van der Waals surface area contributed by atoms with Gasteiger partial charge in [0.25, 0.3) is 0 Å². The molecule has 1 atom stereocenters. The van der Waals surface area contributed by atoms with E-state index >= 15 is 0 Å². The summed E-state index contributed by atoms with van der Waals surface area (Å²) in [4.78, 5) is 35.9. The first-order valence-corrected chi connectivity index (χ1v) is 7.01. The van der Waals surface area contributed by atoms with Crippen LogP contribution < -0.4 is 0 Å². The molecule has 0 heterocycles. The Morgan fingerprint density at radius 1 is 1.27 bits per heavy atom. The van der Waals surface area contributed by atoms with Crippen LogP contribution in [0.25, 0.3) is 0 Å². The van der Waals surface area contributed by atoms with Gasteiger partial charge in [0.2, 0.25) is 0 Å². The number of unbranched alkanes of at least 4 members (excludes halogenated alkanes) is 1. The summed E-state index contributed by atoms with van der Waals surface area (Å²) in [7, 11) is -10.2. The zero-order valence-electron chi connectivity index (χ0n) is 7.90. The molecular weight excluding hydrogens is 250 g/mol. The summed E-state index contributed by atoms with van der Waals surface area (Å²) < 4.78 is 28.3. The van der Waals surface area contributed by atoms with E-state index in [1.165, 1.54) is 0 Å². The van der Waals surface area contributed by atoms with Gasteiger partial charge in [0.15, 0.2) is 0 Å². The Balaban J connectivity index is 4.20. The van der Waals surface area contributed by atoms with Crippen LogP contribution in [-0.4, -0.2) is 20.6 Å². The summed E-state index contributed by atoms with van der Waals surface area (Å²) in [5.74, 6) is -1.05. The number of phosphoric acid groups is 2. The molecule has 0 radical (unpaired) electrons. The van der Waals surface area contributed by atoms with Gasteiger partial charge in [-0.25, -0.2) is 9.13 Å². The summed E-state index contributed by atoms with van der Waals surface area (Å²) in [6, 6.07) is 0. The van der Waals surface area contributed by atoms with Crippen LogP contribution in [0.1, 0.15) is 26.2 Å². The van der Waals surface area contributed by atoms with Crippen LogP contribution in [0, 0.1) is 0 Å². The molecule has 0 amide bonds. The first-order chi connectivity index (χ1) is 6.66. The van der Waals surface area contributed by atoms with Crippen LogP contribution in [0.15, 0.2) is 0 Å². The van der Waals surface area contributed by atoms with Crippen LogP contribution in [0.2, 0.25) is 0 Å². The van der Waals surface area contributed by atoms with Crippen molar-refractivity contribution in [1.29, 1.82) is 0 Å². The van der Waals surface area contributed by atoms with Crippen molar-refractivity contribution in [1.82, 2.24) is 0 Å². The number of carbonyl (C=O) groups excluding carboxylic acids is 1. The van der Waals surface area contributed by atoms with Gasteiger partial charge in [-0.3, -0.25) is 9.69 Å². The maximum absolute atomic E-state index is 10.8. The average molecular weight is 262 g/mol. The lowest BCUT2D eigenvalue weighted by atomic mass is 10.3. The van der Waals surface area contributed by atoms with Crippen LogP contribution >= 0.6 is 15.6 Å². The zero-order chi connectivity index (χ0) is 12.1. The summed E-state index contributed by atoms with van der Waals surface area (Å²) in [5, 5.41) is 0. The van der Waals surface area contributed by atoms with Crippen molar-refractivity contribution in [2.24, 2.45) is 0 Å². The Morgan fingerprint density at radius 3 is 2.20 bits per heavy atom. The quantitative estimate of drug-likeness (QED) is 0.602. The third kappa shape index (κ3) is 8.74. The van der Waals surface area contributed by atoms with E-state index in [1.807, 2.05) is 0 Å². The lowest BCUT2D eigenvalue weighted by Gasteiger charge is -2.11. The maximum atomic E-state index is 10.8. The Bertz CT molecular complexity index is 306. The number of phosphoric ester groups is 1. The van der Waals surface area contributed by atoms with Crippen LogP contribution in [-0.2, 0) is 22.8 Å². The monoisotopic (exact) mass is 262 g/mol. The lowest BCUT2D eigenvalue weighted by Crippen LogP contribution is -2.03. The molecule has 0 spiro atoms. The minimum absolute atomic E-state index is 0.119. The molecule has 0 fully saturated rings. The highest BCUT2D eigenvalue weighted by atomic mass is 31.3. The molecule has 1 unspecified atom stereocenters. The molecule has 0 aromatic rings. The topological polar surface area (TPSA) is 130 Å². The second kappa shape index (κ2) is 5.75. The van der Waals surface area contributed by atoms with Gasteiger partial charge in [-0.15, -0.1) is 0 Å². The number of hydrogen-bond donors (Lipinski definition) is 3. The van der Waals surface area contributed by atoms with E-state index in [4.69, 9.17) is 14.7 Å². The molecule has 0 aromatic carbocycles. The predicted molar refractivity (Wildman–Crippen MR) is 48.6 cm³/mol. The highest BCUT2D eigenvalue weighted by Gasteiger charge is 2.35. The second-order valence-electron chi connectivity index (χ2n) is 2.61. The van der Waals surface area contributed by atoms with Crippen molar-refractivity contribution >= 4 is 21.6 Å².